The number of carbonyl (C=O) groups excluding carboxylic acids is 2. The number of carbonyl (C=O) groups is 2. The molecule has 1 aromatic heterocycles. The Balaban J connectivity index is 1.58. The van der Waals surface area contributed by atoms with Crippen LogP contribution in [-0.2, 0) is 16.0 Å². The topological polar surface area (TPSA) is 95.2 Å². The first-order chi connectivity index (χ1) is 13.8. The second kappa shape index (κ2) is 9.07. The van der Waals surface area contributed by atoms with Gasteiger partial charge in [0, 0.05) is 19.9 Å². The lowest BCUT2D eigenvalue weighted by Gasteiger charge is -2.17. The molecule has 2 aromatic carbocycles. The zero-order valence-corrected chi connectivity index (χ0v) is 17.0. The number of halogens is 2. The van der Waals surface area contributed by atoms with Gasteiger partial charge in [0.05, 0.1) is 33.2 Å². The number of amides is 2. The molecule has 3 aromatic rings. The molecule has 7 nitrogen and oxygen atoms in total. The monoisotopic (exact) mass is 432 g/mol. The number of nitrogens with one attached hydrogen (secondary N) is 2. The molecule has 0 aliphatic rings. The number of aryl methyl sites for hydroxylation is 1. The number of benzene rings is 2. The Kier molecular flexibility index (Phi) is 6.51. The highest BCUT2D eigenvalue weighted by atomic mass is 35.5. The maximum Gasteiger partial charge on any atom is 0.258 e. The molecule has 3 rings (SSSR count). The molecule has 0 aliphatic carbocycles. The number of para-hydroxylation sites is 2. The first kappa shape index (κ1) is 20.8. The molecule has 0 bridgehead atoms. The lowest BCUT2D eigenvalue weighted by atomic mass is 10.2. The van der Waals surface area contributed by atoms with Gasteiger partial charge in [0.2, 0.25) is 11.8 Å². The minimum atomic E-state index is -0.423. The molecule has 0 fully saturated rings. The molecule has 1 heterocycles. The van der Waals surface area contributed by atoms with E-state index in [0.717, 1.165) is 0 Å². The van der Waals surface area contributed by atoms with E-state index in [1.807, 2.05) is 0 Å². The molecule has 0 unspecified atom stereocenters. The van der Waals surface area contributed by atoms with E-state index in [2.05, 4.69) is 15.3 Å². The van der Waals surface area contributed by atoms with Crippen molar-refractivity contribution in [2.24, 2.45) is 0 Å². The first-order valence-electron chi connectivity index (χ1n) is 8.81. The fourth-order valence-electron chi connectivity index (χ4n) is 2.77. The summed E-state index contributed by atoms with van der Waals surface area (Å²) >= 11 is 12.1. The van der Waals surface area contributed by atoms with Crippen LogP contribution in [0.4, 0.5) is 5.69 Å². The molecule has 0 aliphatic heterocycles. The van der Waals surface area contributed by atoms with Gasteiger partial charge in [0.15, 0.2) is 0 Å². The van der Waals surface area contributed by atoms with E-state index in [4.69, 9.17) is 23.2 Å². The van der Waals surface area contributed by atoms with E-state index in [0.29, 0.717) is 32.5 Å². The van der Waals surface area contributed by atoms with Crippen LogP contribution >= 0.6 is 23.2 Å². The van der Waals surface area contributed by atoms with Crippen molar-refractivity contribution >= 4 is 51.6 Å². The molecule has 150 valence electrons. The minimum Gasteiger partial charge on any atom is -0.336 e. The van der Waals surface area contributed by atoms with E-state index < -0.39 is 5.91 Å². The number of hydrogen-bond acceptors (Lipinski definition) is 4. The zero-order valence-electron chi connectivity index (χ0n) is 15.5. The van der Waals surface area contributed by atoms with Crippen molar-refractivity contribution in [1.29, 1.82) is 0 Å². The number of hydrogen-bond donors (Lipinski definition) is 2. The van der Waals surface area contributed by atoms with E-state index >= 15 is 0 Å². The van der Waals surface area contributed by atoms with Crippen molar-refractivity contribution in [1.82, 2.24) is 14.9 Å². The van der Waals surface area contributed by atoms with Gasteiger partial charge < -0.3 is 15.2 Å². The van der Waals surface area contributed by atoms with Crippen LogP contribution in [0.5, 0.6) is 0 Å². The second-order valence-electron chi connectivity index (χ2n) is 6.42. The Morgan fingerprint density at radius 3 is 2.52 bits per heavy atom. The van der Waals surface area contributed by atoms with Crippen LogP contribution in [0, 0.1) is 0 Å². The summed E-state index contributed by atoms with van der Waals surface area (Å²) in [5.41, 5.74) is 0.630. The number of anilines is 1. The Morgan fingerprint density at radius 1 is 1.10 bits per heavy atom. The molecule has 29 heavy (non-hydrogen) atoms. The number of aromatic amines is 1. The Morgan fingerprint density at radius 2 is 1.79 bits per heavy atom. The highest BCUT2D eigenvalue weighted by Crippen LogP contribution is 2.29. The van der Waals surface area contributed by atoms with Gasteiger partial charge in [-0.05, 0) is 24.3 Å². The van der Waals surface area contributed by atoms with E-state index in [1.54, 1.807) is 42.5 Å². The summed E-state index contributed by atoms with van der Waals surface area (Å²) in [6.45, 7) is -0.165. The normalized spacial score (nSPS) is 10.7. The van der Waals surface area contributed by atoms with Crippen LogP contribution in [-0.4, -0.2) is 40.3 Å². The first-order valence-corrected chi connectivity index (χ1v) is 9.56. The summed E-state index contributed by atoms with van der Waals surface area (Å²) in [4.78, 5) is 45.0. The van der Waals surface area contributed by atoms with Gasteiger partial charge >= 0.3 is 0 Å². The van der Waals surface area contributed by atoms with Crippen molar-refractivity contribution in [3.8, 4) is 0 Å². The molecule has 0 saturated heterocycles. The van der Waals surface area contributed by atoms with Crippen molar-refractivity contribution in [2.75, 3.05) is 18.9 Å². The van der Waals surface area contributed by atoms with Gasteiger partial charge in [0.25, 0.3) is 5.56 Å². The second-order valence-corrected chi connectivity index (χ2v) is 7.24. The number of aromatic nitrogens is 2. The molecule has 0 spiro atoms. The van der Waals surface area contributed by atoms with Gasteiger partial charge in [-0.25, -0.2) is 4.98 Å². The summed E-state index contributed by atoms with van der Waals surface area (Å²) in [5, 5.41) is 3.73. The smallest absolute Gasteiger partial charge is 0.258 e. The molecular formula is C20H18Cl2N4O3. The summed E-state index contributed by atoms with van der Waals surface area (Å²) in [5.74, 6) is -0.267. The molecule has 2 N–H and O–H groups in total. The van der Waals surface area contributed by atoms with Crippen LogP contribution in [0.2, 0.25) is 10.0 Å². The van der Waals surface area contributed by atoms with Crippen LogP contribution in [0.3, 0.4) is 0 Å². The number of nitrogens with zero attached hydrogens (tertiary/aromatic N) is 2. The average Bonchev–Trinajstić information content (AvgIpc) is 2.69. The predicted molar refractivity (Wildman–Crippen MR) is 113 cm³/mol. The van der Waals surface area contributed by atoms with E-state index in [1.165, 1.54) is 11.9 Å². The number of H-pyrrole nitrogens is 1. The number of rotatable bonds is 6. The van der Waals surface area contributed by atoms with Gasteiger partial charge in [-0.2, -0.15) is 0 Å². The third kappa shape index (κ3) is 5.13. The Labute approximate surface area is 176 Å². The quantitative estimate of drug-likeness (QED) is 0.624. The summed E-state index contributed by atoms with van der Waals surface area (Å²) in [7, 11) is 1.52. The molecule has 0 saturated carbocycles. The highest BCUT2D eigenvalue weighted by Gasteiger charge is 2.16. The van der Waals surface area contributed by atoms with Gasteiger partial charge in [-0.3, -0.25) is 14.4 Å². The molecule has 0 radical (unpaired) electrons. The van der Waals surface area contributed by atoms with Gasteiger partial charge in [0.1, 0.15) is 5.82 Å². The minimum absolute atomic E-state index is 0.0951. The summed E-state index contributed by atoms with van der Waals surface area (Å²) < 4.78 is 0. The van der Waals surface area contributed by atoms with Crippen LogP contribution in [0.25, 0.3) is 10.9 Å². The van der Waals surface area contributed by atoms with Gasteiger partial charge in [-0.15, -0.1) is 0 Å². The average molecular weight is 433 g/mol. The largest absolute Gasteiger partial charge is 0.336 e. The third-order valence-corrected chi connectivity index (χ3v) is 4.90. The fourth-order valence-corrected chi connectivity index (χ4v) is 3.26. The van der Waals surface area contributed by atoms with E-state index in [9.17, 15) is 14.4 Å². The highest BCUT2D eigenvalue weighted by molar-refractivity contribution is 6.39. The van der Waals surface area contributed by atoms with Crippen molar-refractivity contribution in [3.05, 3.63) is 68.7 Å². The lowest BCUT2D eigenvalue weighted by molar-refractivity contribution is -0.133. The number of fused-ring (bicyclic) bond motifs is 1. The SMILES string of the molecule is CN(CC(=O)Nc1c(Cl)cccc1Cl)C(=O)CCc1nc2ccccc2c(=O)[nH]1. The maximum atomic E-state index is 12.4. The summed E-state index contributed by atoms with van der Waals surface area (Å²) in [6.07, 6.45) is 0.346. The Hall–Kier alpha value is -2.90. The maximum absolute atomic E-state index is 12.4. The molecule has 9 heteroatoms. The van der Waals surface area contributed by atoms with Crippen LogP contribution in [0.15, 0.2) is 47.3 Å². The number of likely N-dealkylation sites (N-methyl/N-ethyl adjacent to an activating group) is 1. The lowest BCUT2D eigenvalue weighted by Crippen LogP contribution is -2.35. The van der Waals surface area contributed by atoms with Gasteiger partial charge in [-0.1, -0.05) is 41.4 Å². The molecule has 0 atom stereocenters. The predicted octanol–water partition coefficient (Wildman–Crippen LogP) is 3.26. The van der Waals surface area contributed by atoms with Crippen LogP contribution < -0.4 is 10.9 Å². The fraction of sp³-hybridized carbons (Fsp3) is 0.200. The summed E-state index contributed by atoms with van der Waals surface area (Å²) in [6, 6.07) is 11.9. The van der Waals surface area contributed by atoms with E-state index in [-0.39, 0.29) is 30.9 Å². The third-order valence-electron chi connectivity index (χ3n) is 4.27. The Bertz CT molecular complexity index is 1110. The zero-order chi connectivity index (χ0) is 21.0. The van der Waals surface area contributed by atoms with Crippen LogP contribution in [0.1, 0.15) is 12.2 Å². The van der Waals surface area contributed by atoms with Crippen molar-refractivity contribution < 1.29 is 9.59 Å². The van der Waals surface area contributed by atoms with Crippen molar-refractivity contribution in [3.63, 3.8) is 0 Å². The standard InChI is InChI=1S/C20H18Cl2N4O3/c1-26(11-17(27)25-19-13(21)6-4-7-14(19)22)18(28)10-9-16-23-15-8-3-2-5-12(15)20(29)24-16/h2-8H,9-11H2,1H3,(H,25,27)(H,23,24,29). The van der Waals surface area contributed by atoms with Crippen molar-refractivity contribution in [2.45, 2.75) is 12.8 Å². The molecule has 2 amide bonds. The molecular weight excluding hydrogens is 415 g/mol.